The third-order valence-electron chi connectivity index (χ3n) is 2.91. The van der Waals surface area contributed by atoms with Gasteiger partial charge in [0.2, 0.25) is 0 Å². The van der Waals surface area contributed by atoms with Crippen LogP contribution in [0.3, 0.4) is 0 Å². The Morgan fingerprint density at radius 1 is 1.33 bits per heavy atom. The second-order valence-corrected chi connectivity index (χ2v) is 5.00. The number of nitrogens with zero attached hydrogens (tertiary/aromatic N) is 1. The first kappa shape index (κ1) is 11.2. The number of nitrogens with two attached hydrogens (primary N) is 1. The van der Waals surface area contributed by atoms with Gasteiger partial charge >= 0.3 is 0 Å². The van der Waals surface area contributed by atoms with Crippen molar-refractivity contribution in [3.8, 4) is 0 Å². The average molecular weight is 245 g/mol. The largest absolute Gasteiger partial charge is 0.326 e. The monoisotopic (exact) mass is 244 g/mol. The summed E-state index contributed by atoms with van der Waals surface area (Å²) in [6, 6.07) is 5.79. The van der Waals surface area contributed by atoms with Gasteiger partial charge in [0.1, 0.15) is 0 Å². The Bertz CT molecular complexity index is 368. The van der Waals surface area contributed by atoms with Crippen molar-refractivity contribution in [3.63, 3.8) is 0 Å². The van der Waals surface area contributed by atoms with E-state index in [1.165, 1.54) is 0 Å². The predicted molar refractivity (Wildman–Crippen MR) is 64.7 cm³/mol. The number of rotatable bonds is 1. The van der Waals surface area contributed by atoms with E-state index in [-0.39, 0.29) is 6.04 Å². The first-order chi connectivity index (χ1) is 7.08. The maximum atomic E-state index is 6.16. The van der Waals surface area contributed by atoms with Crippen LogP contribution in [-0.2, 0) is 0 Å². The molecule has 1 aromatic carbocycles. The first-order valence-corrected chi connectivity index (χ1v) is 5.72. The van der Waals surface area contributed by atoms with Crippen LogP contribution in [0.15, 0.2) is 18.2 Å². The van der Waals surface area contributed by atoms with Crippen molar-refractivity contribution < 1.29 is 0 Å². The number of halogens is 2. The number of hydrogen-bond donors (Lipinski definition) is 1. The molecule has 1 aliphatic heterocycles. The molecule has 1 aromatic rings. The summed E-state index contributed by atoms with van der Waals surface area (Å²) in [5.41, 5.74) is 7.18. The van der Waals surface area contributed by atoms with E-state index in [0.717, 1.165) is 23.7 Å². The second kappa shape index (κ2) is 4.30. The van der Waals surface area contributed by atoms with Crippen molar-refractivity contribution in [2.45, 2.75) is 12.0 Å². The van der Waals surface area contributed by atoms with Crippen LogP contribution in [0.5, 0.6) is 0 Å². The van der Waals surface area contributed by atoms with Crippen molar-refractivity contribution in [2.24, 2.45) is 5.73 Å². The van der Waals surface area contributed by atoms with Gasteiger partial charge in [-0.15, -0.1) is 0 Å². The minimum Gasteiger partial charge on any atom is -0.326 e. The summed E-state index contributed by atoms with van der Waals surface area (Å²) in [4.78, 5) is 2.22. The maximum absolute atomic E-state index is 6.16. The fraction of sp³-hybridized carbons (Fsp3) is 0.455. The van der Waals surface area contributed by atoms with Gasteiger partial charge < -0.3 is 10.6 Å². The Balaban J connectivity index is 2.29. The summed E-state index contributed by atoms with van der Waals surface area (Å²) in [6.07, 6.45) is 0. The first-order valence-electron chi connectivity index (χ1n) is 4.97. The molecule has 1 aliphatic rings. The molecule has 0 bridgehead atoms. The van der Waals surface area contributed by atoms with E-state index < -0.39 is 0 Å². The van der Waals surface area contributed by atoms with Gasteiger partial charge in [-0.05, 0) is 24.7 Å². The highest BCUT2D eigenvalue weighted by atomic mass is 35.5. The molecule has 0 radical (unpaired) electrons. The van der Waals surface area contributed by atoms with Crippen molar-refractivity contribution in [1.82, 2.24) is 4.90 Å². The summed E-state index contributed by atoms with van der Waals surface area (Å²) in [6.45, 7) is 1.88. The number of likely N-dealkylation sites (N-methyl/N-ethyl adjacent to an activating group) is 1. The summed E-state index contributed by atoms with van der Waals surface area (Å²) in [7, 11) is 2.07. The smallest absolute Gasteiger partial charge is 0.0456 e. The van der Waals surface area contributed by atoms with Crippen LogP contribution < -0.4 is 5.73 Å². The van der Waals surface area contributed by atoms with Crippen molar-refractivity contribution >= 4 is 23.2 Å². The van der Waals surface area contributed by atoms with Crippen molar-refractivity contribution in [3.05, 3.63) is 33.8 Å². The molecule has 1 saturated heterocycles. The Morgan fingerprint density at radius 3 is 2.60 bits per heavy atom. The zero-order valence-electron chi connectivity index (χ0n) is 8.58. The zero-order chi connectivity index (χ0) is 11.0. The van der Waals surface area contributed by atoms with Crippen LogP contribution in [0.4, 0.5) is 0 Å². The Morgan fingerprint density at radius 2 is 2.07 bits per heavy atom. The molecular formula is C11H14Cl2N2. The molecule has 0 aliphatic carbocycles. The third kappa shape index (κ3) is 2.28. The number of likely N-dealkylation sites (tertiary alicyclic amines) is 1. The Labute approximate surface area is 100.0 Å². The number of hydrogen-bond acceptors (Lipinski definition) is 2. The topological polar surface area (TPSA) is 29.3 Å². The van der Waals surface area contributed by atoms with Crippen LogP contribution in [-0.4, -0.2) is 31.1 Å². The molecule has 1 fully saturated rings. The van der Waals surface area contributed by atoms with E-state index in [9.17, 15) is 0 Å². The van der Waals surface area contributed by atoms with Crippen molar-refractivity contribution in [2.75, 3.05) is 20.1 Å². The SMILES string of the molecule is CN1C[C@H](N)[C@H](c2ccc(Cl)cc2Cl)C1. The fourth-order valence-corrected chi connectivity index (χ4v) is 2.71. The van der Waals surface area contributed by atoms with E-state index in [0.29, 0.717) is 10.9 Å². The van der Waals surface area contributed by atoms with Gasteiger partial charge in [0.05, 0.1) is 0 Å². The Kier molecular flexibility index (Phi) is 3.21. The second-order valence-electron chi connectivity index (χ2n) is 4.16. The third-order valence-corrected chi connectivity index (χ3v) is 3.47. The van der Waals surface area contributed by atoms with Crippen LogP contribution in [0, 0.1) is 0 Å². The van der Waals surface area contributed by atoms with Gasteiger partial charge in [-0.3, -0.25) is 0 Å². The molecule has 1 heterocycles. The zero-order valence-corrected chi connectivity index (χ0v) is 10.1. The molecule has 0 aromatic heterocycles. The summed E-state index contributed by atoms with van der Waals surface area (Å²) in [5, 5.41) is 1.39. The standard InChI is InChI=1S/C11H14Cl2N2/c1-15-5-9(11(14)6-15)8-3-2-7(12)4-10(8)13/h2-4,9,11H,5-6,14H2,1H3/t9-,11-/m0/s1. The van der Waals surface area contributed by atoms with Crippen LogP contribution in [0.2, 0.25) is 10.0 Å². The lowest BCUT2D eigenvalue weighted by Crippen LogP contribution is -2.28. The van der Waals surface area contributed by atoms with Crippen LogP contribution in [0.25, 0.3) is 0 Å². The molecule has 2 atom stereocenters. The van der Waals surface area contributed by atoms with Gasteiger partial charge in [0.25, 0.3) is 0 Å². The molecule has 0 saturated carbocycles. The van der Waals surface area contributed by atoms with E-state index in [4.69, 9.17) is 28.9 Å². The highest BCUT2D eigenvalue weighted by molar-refractivity contribution is 6.35. The molecule has 0 unspecified atom stereocenters. The molecule has 82 valence electrons. The van der Waals surface area contributed by atoms with Gasteiger partial charge in [-0.2, -0.15) is 0 Å². The minimum absolute atomic E-state index is 0.161. The molecule has 15 heavy (non-hydrogen) atoms. The van der Waals surface area contributed by atoms with Gasteiger partial charge in [-0.1, -0.05) is 29.3 Å². The highest BCUT2D eigenvalue weighted by Gasteiger charge is 2.30. The molecule has 4 heteroatoms. The summed E-state index contributed by atoms with van der Waals surface area (Å²) >= 11 is 12.0. The van der Waals surface area contributed by atoms with Crippen LogP contribution in [0.1, 0.15) is 11.5 Å². The van der Waals surface area contributed by atoms with Gasteiger partial charge in [0.15, 0.2) is 0 Å². The summed E-state index contributed by atoms with van der Waals surface area (Å²) in [5.74, 6) is 0.319. The van der Waals surface area contributed by atoms with Gasteiger partial charge in [0, 0.05) is 35.1 Å². The molecule has 0 spiro atoms. The minimum atomic E-state index is 0.161. The molecule has 2 N–H and O–H groups in total. The fourth-order valence-electron chi connectivity index (χ4n) is 2.16. The van der Waals surface area contributed by atoms with Crippen molar-refractivity contribution in [1.29, 1.82) is 0 Å². The van der Waals surface area contributed by atoms with Crippen LogP contribution >= 0.6 is 23.2 Å². The molecule has 0 amide bonds. The lowest BCUT2D eigenvalue weighted by Gasteiger charge is -2.16. The lowest BCUT2D eigenvalue weighted by molar-refractivity contribution is 0.407. The summed E-state index contributed by atoms with van der Waals surface area (Å²) < 4.78 is 0. The van der Waals surface area contributed by atoms with E-state index >= 15 is 0 Å². The number of benzene rings is 1. The van der Waals surface area contributed by atoms with Gasteiger partial charge in [-0.25, -0.2) is 0 Å². The highest BCUT2D eigenvalue weighted by Crippen LogP contribution is 2.32. The lowest BCUT2D eigenvalue weighted by atomic mass is 9.95. The van der Waals surface area contributed by atoms with E-state index in [2.05, 4.69) is 11.9 Å². The molecule has 2 rings (SSSR count). The molecule has 2 nitrogen and oxygen atoms in total. The normalized spacial score (nSPS) is 27.2. The quantitative estimate of drug-likeness (QED) is 0.822. The van der Waals surface area contributed by atoms with E-state index in [1.807, 2.05) is 12.1 Å². The van der Waals surface area contributed by atoms with E-state index in [1.54, 1.807) is 6.07 Å². The predicted octanol–water partition coefficient (Wildman–Crippen LogP) is 2.35. The Hall–Kier alpha value is -0.280. The molecular weight excluding hydrogens is 231 g/mol. The maximum Gasteiger partial charge on any atom is 0.0456 e. The average Bonchev–Trinajstić information content (AvgIpc) is 2.45.